The second-order valence-corrected chi connectivity index (χ2v) is 10.3. The summed E-state index contributed by atoms with van der Waals surface area (Å²) in [6, 6.07) is 15.4. The van der Waals surface area contributed by atoms with Crippen molar-refractivity contribution in [2.75, 3.05) is 25.5 Å². The molecule has 1 fully saturated rings. The van der Waals surface area contributed by atoms with E-state index in [1.165, 1.54) is 28.9 Å². The summed E-state index contributed by atoms with van der Waals surface area (Å²) >= 11 is 12.6. The molecule has 1 atom stereocenters. The van der Waals surface area contributed by atoms with Crippen LogP contribution in [0.25, 0.3) is 16.6 Å². The Hall–Kier alpha value is -3.44. The zero-order chi connectivity index (χ0) is 25.4. The van der Waals surface area contributed by atoms with E-state index in [-0.39, 0.29) is 21.9 Å². The summed E-state index contributed by atoms with van der Waals surface area (Å²) in [6.45, 7) is 4.47. The minimum atomic E-state index is -0.416. The second-order valence-electron chi connectivity index (χ2n) is 9.46. The quantitative estimate of drug-likeness (QED) is 0.373. The van der Waals surface area contributed by atoms with Crippen LogP contribution in [0.1, 0.15) is 30.9 Å². The number of rotatable bonds is 4. The van der Waals surface area contributed by atoms with Gasteiger partial charge in [0, 0.05) is 30.0 Å². The van der Waals surface area contributed by atoms with Crippen molar-refractivity contribution in [3.05, 3.63) is 86.4 Å². The van der Waals surface area contributed by atoms with E-state index in [1.807, 2.05) is 12.1 Å². The molecule has 1 aliphatic rings. The number of benzene rings is 2. The van der Waals surface area contributed by atoms with E-state index in [1.54, 1.807) is 18.2 Å². The Morgan fingerprint density at radius 2 is 1.86 bits per heavy atom. The normalized spacial score (nSPS) is 18.2. The van der Waals surface area contributed by atoms with E-state index >= 15 is 0 Å². The molecule has 1 N–H and O–H groups in total. The highest BCUT2D eigenvalue weighted by atomic mass is 35.5. The van der Waals surface area contributed by atoms with Gasteiger partial charge >= 0.3 is 0 Å². The Morgan fingerprint density at radius 3 is 2.53 bits per heavy atom. The van der Waals surface area contributed by atoms with Crippen molar-refractivity contribution >= 4 is 45.7 Å². The predicted molar refractivity (Wildman–Crippen MR) is 144 cm³/mol. The van der Waals surface area contributed by atoms with E-state index in [4.69, 9.17) is 23.2 Å². The van der Waals surface area contributed by atoms with Crippen LogP contribution < -0.4 is 10.9 Å². The van der Waals surface area contributed by atoms with Gasteiger partial charge in [0.15, 0.2) is 0 Å². The highest BCUT2D eigenvalue weighted by molar-refractivity contribution is 6.37. The fourth-order valence-corrected chi connectivity index (χ4v) is 5.54. The number of nitriles is 1. The maximum atomic E-state index is 13.2. The van der Waals surface area contributed by atoms with Crippen molar-refractivity contribution in [3.8, 4) is 11.8 Å². The van der Waals surface area contributed by atoms with Gasteiger partial charge in [-0.3, -0.25) is 9.36 Å². The number of piperidine rings is 1. The molecule has 0 bridgehead atoms. The van der Waals surface area contributed by atoms with Gasteiger partial charge in [0.25, 0.3) is 5.56 Å². The Balaban J connectivity index is 1.48. The lowest BCUT2D eigenvalue weighted by molar-refractivity contribution is 0.188. The lowest BCUT2D eigenvalue weighted by Crippen LogP contribution is -2.42. The van der Waals surface area contributed by atoms with Crippen LogP contribution >= 0.6 is 23.2 Å². The molecule has 0 amide bonds. The number of nitrogens with zero attached hydrogens (tertiary/aromatic N) is 5. The number of hydrogen-bond donors (Lipinski definition) is 1. The molecule has 1 unspecified atom stereocenters. The summed E-state index contributed by atoms with van der Waals surface area (Å²) < 4.78 is 1.27. The van der Waals surface area contributed by atoms with Crippen molar-refractivity contribution in [3.63, 3.8) is 0 Å². The minimum absolute atomic E-state index is 0.122. The highest BCUT2D eigenvalue weighted by Gasteiger charge is 2.31. The average Bonchev–Trinajstić information content (AvgIpc) is 2.85. The van der Waals surface area contributed by atoms with Crippen LogP contribution in [0, 0.1) is 11.3 Å². The van der Waals surface area contributed by atoms with Gasteiger partial charge in [-0.25, -0.2) is 9.97 Å². The molecule has 2 aromatic heterocycles. The number of nitrogens with one attached hydrogen (secondary N) is 1. The molecule has 9 heteroatoms. The van der Waals surface area contributed by atoms with Gasteiger partial charge in [-0.05, 0) is 56.3 Å². The Labute approximate surface area is 218 Å². The average molecular weight is 519 g/mol. The van der Waals surface area contributed by atoms with Gasteiger partial charge in [0.05, 0.1) is 26.7 Å². The van der Waals surface area contributed by atoms with Gasteiger partial charge in [-0.1, -0.05) is 48.3 Å². The standard InChI is InChI=1S/C27H24Cl2N6O/c1-27(11-4-12-34(2)16-27)18-7-9-19(10-8-18)32-26-31-14-20-23(33-26)17(13-30)15-35(25(20)36)24-21(28)5-3-6-22(24)29/h3,5-10,14-15H,4,11-12,16H2,1-2H3,(H,31,32,33). The van der Waals surface area contributed by atoms with Gasteiger partial charge in [-0.2, -0.15) is 5.26 Å². The number of pyridine rings is 1. The van der Waals surface area contributed by atoms with Crippen LogP contribution in [0.15, 0.2) is 59.7 Å². The fraction of sp³-hybridized carbons (Fsp3) is 0.259. The molecule has 1 saturated heterocycles. The summed E-state index contributed by atoms with van der Waals surface area (Å²) in [7, 11) is 2.16. The largest absolute Gasteiger partial charge is 0.324 e. The molecule has 0 spiro atoms. The van der Waals surface area contributed by atoms with Gasteiger partial charge in [-0.15, -0.1) is 0 Å². The number of anilines is 2. The van der Waals surface area contributed by atoms with E-state index in [9.17, 15) is 10.1 Å². The number of para-hydroxylation sites is 1. The van der Waals surface area contributed by atoms with Crippen molar-refractivity contribution < 1.29 is 0 Å². The molecule has 0 radical (unpaired) electrons. The maximum absolute atomic E-state index is 13.2. The lowest BCUT2D eigenvalue weighted by atomic mass is 9.76. The van der Waals surface area contributed by atoms with Crippen molar-refractivity contribution in [2.24, 2.45) is 0 Å². The summed E-state index contributed by atoms with van der Waals surface area (Å²) in [6.07, 6.45) is 5.17. The molecular weight excluding hydrogens is 495 g/mol. The van der Waals surface area contributed by atoms with E-state index < -0.39 is 5.56 Å². The van der Waals surface area contributed by atoms with Crippen molar-refractivity contribution in [2.45, 2.75) is 25.2 Å². The molecule has 0 saturated carbocycles. The Bertz CT molecular complexity index is 1540. The second kappa shape index (κ2) is 9.55. The first-order valence-corrected chi connectivity index (χ1v) is 12.4. The zero-order valence-corrected chi connectivity index (χ0v) is 21.4. The number of likely N-dealkylation sites (tertiary alicyclic amines) is 1. The van der Waals surface area contributed by atoms with Crippen molar-refractivity contribution in [1.29, 1.82) is 5.26 Å². The lowest BCUT2D eigenvalue weighted by Gasteiger charge is -2.39. The summed E-state index contributed by atoms with van der Waals surface area (Å²) in [5.41, 5.74) is 2.59. The Kier molecular flexibility index (Phi) is 6.44. The number of likely N-dealkylation sites (N-methyl/N-ethyl adjacent to an activating group) is 1. The molecule has 5 rings (SSSR count). The van der Waals surface area contributed by atoms with Gasteiger partial charge in [0.2, 0.25) is 5.95 Å². The SMILES string of the molecule is CN1CCCC(C)(c2ccc(Nc3ncc4c(=O)n(-c5c(Cl)cccc5Cl)cc(C#N)c4n3)cc2)C1. The van der Waals surface area contributed by atoms with Gasteiger partial charge < -0.3 is 10.2 Å². The van der Waals surface area contributed by atoms with E-state index in [0.717, 1.165) is 25.2 Å². The smallest absolute Gasteiger partial charge is 0.266 e. The number of aromatic nitrogens is 3. The maximum Gasteiger partial charge on any atom is 0.266 e. The molecule has 4 aromatic rings. The monoisotopic (exact) mass is 518 g/mol. The summed E-state index contributed by atoms with van der Waals surface area (Å²) in [5.74, 6) is 0.295. The predicted octanol–water partition coefficient (Wildman–Crippen LogP) is 5.69. The van der Waals surface area contributed by atoms with Crippen LogP contribution in [0.4, 0.5) is 11.6 Å². The number of fused-ring (bicyclic) bond motifs is 1. The molecule has 182 valence electrons. The van der Waals surface area contributed by atoms with Crippen LogP contribution in [-0.2, 0) is 5.41 Å². The highest BCUT2D eigenvalue weighted by Crippen LogP contribution is 2.34. The molecule has 7 nitrogen and oxygen atoms in total. The molecule has 2 aromatic carbocycles. The van der Waals surface area contributed by atoms with Crippen LogP contribution in [-0.4, -0.2) is 39.6 Å². The van der Waals surface area contributed by atoms with E-state index in [0.29, 0.717) is 21.7 Å². The van der Waals surface area contributed by atoms with Crippen molar-refractivity contribution in [1.82, 2.24) is 19.4 Å². The summed E-state index contributed by atoms with van der Waals surface area (Å²) in [4.78, 5) is 24.4. The first kappa shape index (κ1) is 24.3. The molecule has 36 heavy (non-hydrogen) atoms. The topological polar surface area (TPSA) is 86.8 Å². The molecule has 3 heterocycles. The number of hydrogen-bond acceptors (Lipinski definition) is 6. The molecule has 0 aliphatic carbocycles. The first-order chi connectivity index (χ1) is 17.3. The van der Waals surface area contributed by atoms with Crippen LogP contribution in [0.3, 0.4) is 0 Å². The van der Waals surface area contributed by atoms with E-state index in [2.05, 4.69) is 52.4 Å². The first-order valence-electron chi connectivity index (χ1n) is 11.6. The zero-order valence-electron chi connectivity index (χ0n) is 19.9. The third-order valence-corrected chi connectivity index (χ3v) is 7.39. The molecule has 1 aliphatic heterocycles. The third-order valence-electron chi connectivity index (χ3n) is 6.78. The third kappa shape index (κ3) is 4.44. The number of halogens is 2. The molecular formula is C27H24Cl2N6O. The summed E-state index contributed by atoms with van der Waals surface area (Å²) in [5, 5.41) is 13.8. The van der Waals surface area contributed by atoms with Gasteiger partial charge in [0.1, 0.15) is 11.6 Å². The van der Waals surface area contributed by atoms with Crippen LogP contribution in [0.2, 0.25) is 10.0 Å². The van der Waals surface area contributed by atoms with Crippen LogP contribution in [0.5, 0.6) is 0 Å². The fourth-order valence-electron chi connectivity index (χ4n) is 4.96. The minimum Gasteiger partial charge on any atom is -0.324 e. The Morgan fingerprint density at radius 1 is 1.14 bits per heavy atom.